The van der Waals surface area contributed by atoms with Gasteiger partial charge in [0.05, 0.1) is 12.1 Å². The number of benzene rings is 1. The van der Waals surface area contributed by atoms with Crippen molar-refractivity contribution in [2.45, 2.75) is 13.1 Å². The molecule has 1 aliphatic rings. The molecule has 0 radical (unpaired) electrons. The largest absolute Gasteiger partial charge is 0.386 e. The number of nitrogens with zero attached hydrogens (tertiary/aromatic N) is 4. The quantitative estimate of drug-likeness (QED) is 0.885. The van der Waals surface area contributed by atoms with Crippen molar-refractivity contribution in [2.75, 3.05) is 0 Å². The predicted molar refractivity (Wildman–Crippen MR) is 92.2 cm³/mol. The molecule has 1 aromatic carbocycles. The van der Waals surface area contributed by atoms with Gasteiger partial charge in [-0.15, -0.1) is 0 Å². The van der Waals surface area contributed by atoms with Gasteiger partial charge >= 0.3 is 0 Å². The van der Waals surface area contributed by atoms with Crippen LogP contribution < -0.4 is 5.32 Å². The van der Waals surface area contributed by atoms with Crippen molar-refractivity contribution < 1.29 is 0 Å². The molecule has 0 saturated carbocycles. The molecule has 0 fully saturated rings. The fraction of sp³-hybridized carbons (Fsp3) is 0.125. The maximum absolute atomic E-state index is 7.70. The predicted octanol–water partition coefficient (Wildman–Crippen LogP) is 2.56. The molecule has 6 nitrogen and oxygen atoms in total. The topological polar surface area (TPSA) is 78.4 Å². The van der Waals surface area contributed by atoms with Crippen LogP contribution in [-0.2, 0) is 13.1 Å². The molecular weight excluding hydrogens is 312 g/mol. The van der Waals surface area contributed by atoms with Crippen molar-refractivity contribution in [2.24, 2.45) is 9.98 Å². The molecule has 2 heterocycles. The average Bonchev–Trinajstić information content (AvgIpc) is 3.05. The zero-order valence-corrected chi connectivity index (χ0v) is 13.0. The lowest BCUT2D eigenvalue weighted by Gasteiger charge is -2.08. The van der Waals surface area contributed by atoms with Crippen LogP contribution in [-0.4, -0.2) is 27.1 Å². The summed E-state index contributed by atoms with van der Waals surface area (Å²) < 4.78 is 1.88. The van der Waals surface area contributed by atoms with Crippen molar-refractivity contribution in [1.29, 1.82) is 5.41 Å². The van der Waals surface area contributed by atoms with Gasteiger partial charge in [0, 0.05) is 25.1 Å². The number of halogens is 1. The molecule has 116 valence electrons. The average molecular weight is 327 g/mol. The first-order valence-corrected chi connectivity index (χ1v) is 7.44. The third-order valence-corrected chi connectivity index (χ3v) is 3.62. The monoisotopic (exact) mass is 326 g/mol. The lowest BCUT2D eigenvalue weighted by atomic mass is 10.1. The minimum atomic E-state index is 0.104. The first-order chi connectivity index (χ1) is 11.2. The SMILES string of the molecule is N=C1N=CN=C(Cl)/C1=C/NCc1ccc(Cn2cccn2)cc1. The van der Waals surface area contributed by atoms with Crippen LogP contribution in [0.4, 0.5) is 0 Å². The summed E-state index contributed by atoms with van der Waals surface area (Å²) in [6.45, 7) is 1.39. The highest BCUT2D eigenvalue weighted by molar-refractivity contribution is 6.73. The first-order valence-electron chi connectivity index (χ1n) is 7.06. The zero-order chi connectivity index (χ0) is 16.1. The molecule has 0 aliphatic carbocycles. The molecule has 0 unspecified atom stereocenters. The van der Waals surface area contributed by atoms with Crippen LogP contribution in [0.25, 0.3) is 0 Å². The van der Waals surface area contributed by atoms with Gasteiger partial charge in [0.1, 0.15) is 11.5 Å². The summed E-state index contributed by atoms with van der Waals surface area (Å²) in [7, 11) is 0. The van der Waals surface area contributed by atoms with Gasteiger partial charge in [-0.25, -0.2) is 9.98 Å². The highest BCUT2D eigenvalue weighted by Crippen LogP contribution is 2.09. The van der Waals surface area contributed by atoms with Crippen LogP contribution in [0.15, 0.2) is 64.5 Å². The number of rotatable bonds is 5. The van der Waals surface area contributed by atoms with Crippen LogP contribution in [0.1, 0.15) is 11.1 Å². The van der Waals surface area contributed by atoms with E-state index in [0.717, 1.165) is 12.1 Å². The molecule has 0 spiro atoms. The Labute approximate surface area is 138 Å². The number of hydrogen-bond acceptors (Lipinski definition) is 4. The van der Waals surface area contributed by atoms with E-state index in [1.807, 2.05) is 16.9 Å². The first kappa shape index (κ1) is 15.2. The minimum Gasteiger partial charge on any atom is -0.386 e. The zero-order valence-electron chi connectivity index (χ0n) is 12.3. The molecule has 2 N–H and O–H groups in total. The minimum absolute atomic E-state index is 0.104. The Hall–Kier alpha value is -2.73. The van der Waals surface area contributed by atoms with Crippen LogP contribution in [0.3, 0.4) is 0 Å². The van der Waals surface area contributed by atoms with Gasteiger partial charge in [-0.2, -0.15) is 5.10 Å². The second kappa shape index (κ2) is 7.02. The van der Waals surface area contributed by atoms with E-state index in [4.69, 9.17) is 17.0 Å². The Morgan fingerprint density at radius 1 is 1.22 bits per heavy atom. The number of aromatic nitrogens is 2. The van der Waals surface area contributed by atoms with Crippen molar-refractivity contribution >= 4 is 28.9 Å². The van der Waals surface area contributed by atoms with Crippen LogP contribution in [0, 0.1) is 5.41 Å². The van der Waals surface area contributed by atoms with E-state index in [-0.39, 0.29) is 11.0 Å². The fourth-order valence-electron chi connectivity index (χ4n) is 2.12. The normalized spacial score (nSPS) is 15.8. The van der Waals surface area contributed by atoms with Crippen LogP contribution in [0.2, 0.25) is 0 Å². The van der Waals surface area contributed by atoms with E-state index in [2.05, 4.69) is 44.7 Å². The molecule has 7 heteroatoms. The highest BCUT2D eigenvalue weighted by Gasteiger charge is 2.12. The molecule has 0 atom stereocenters. The standard InChI is InChI=1S/C16H15ClN6/c17-15-14(16(18)21-11-20-15)9-19-8-12-2-4-13(5-3-12)10-23-7-1-6-22-23/h1-7,9,11,18-19H,8,10H2/b14-9-,18-16?. The van der Waals surface area contributed by atoms with Crippen LogP contribution in [0.5, 0.6) is 0 Å². The second-order valence-corrected chi connectivity index (χ2v) is 5.33. The summed E-state index contributed by atoms with van der Waals surface area (Å²) in [5, 5.41) is 15.3. The number of aliphatic imine (C=N–C) groups is 2. The fourth-order valence-corrected chi connectivity index (χ4v) is 2.30. The third kappa shape index (κ3) is 3.92. The van der Waals surface area contributed by atoms with Gasteiger partial charge in [-0.1, -0.05) is 35.9 Å². The van der Waals surface area contributed by atoms with Gasteiger partial charge in [0.15, 0.2) is 5.84 Å². The maximum Gasteiger partial charge on any atom is 0.158 e. The summed E-state index contributed by atoms with van der Waals surface area (Å²) in [4.78, 5) is 7.67. The number of amidine groups is 1. The molecular formula is C16H15ClN6. The Morgan fingerprint density at radius 2 is 2.00 bits per heavy atom. The van der Waals surface area contributed by atoms with E-state index in [0.29, 0.717) is 12.1 Å². The van der Waals surface area contributed by atoms with Crippen molar-refractivity contribution in [1.82, 2.24) is 15.1 Å². The lowest BCUT2D eigenvalue weighted by Crippen LogP contribution is -2.15. The Balaban J connectivity index is 1.58. The highest BCUT2D eigenvalue weighted by atomic mass is 35.5. The summed E-state index contributed by atoms with van der Waals surface area (Å²) in [6, 6.07) is 10.2. The summed E-state index contributed by atoms with van der Waals surface area (Å²) in [5.74, 6) is 0.104. The molecule has 0 amide bonds. The second-order valence-electron chi connectivity index (χ2n) is 4.97. The van der Waals surface area contributed by atoms with E-state index >= 15 is 0 Å². The van der Waals surface area contributed by atoms with Crippen molar-refractivity contribution in [3.8, 4) is 0 Å². The van der Waals surface area contributed by atoms with Gasteiger partial charge in [0.2, 0.25) is 0 Å². The molecule has 0 saturated heterocycles. The van der Waals surface area contributed by atoms with E-state index < -0.39 is 0 Å². The van der Waals surface area contributed by atoms with Gasteiger partial charge < -0.3 is 5.32 Å². The van der Waals surface area contributed by atoms with Crippen LogP contribution >= 0.6 is 11.6 Å². The van der Waals surface area contributed by atoms with Gasteiger partial charge in [-0.05, 0) is 17.2 Å². The van der Waals surface area contributed by atoms with Crippen molar-refractivity contribution in [3.63, 3.8) is 0 Å². The summed E-state index contributed by atoms with van der Waals surface area (Å²) in [6.07, 6.45) is 6.66. The van der Waals surface area contributed by atoms with E-state index in [9.17, 15) is 0 Å². The smallest absolute Gasteiger partial charge is 0.158 e. The lowest BCUT2D eigenvalue weighted by molar-refractivity contribution is 0.686. The van der Waals surface area contributed by atoms with E-state index in [1.54, 1.807) is 12.4 Å². The third-order valence-electron chi connectivity index (χ3n) is 3.31. The van der Waals surface area contributed by atoms with Gasteiger partial charge in [-0.3, -0.25) is 10.1 Å². The number of hydrogen-bond donors (Lipinski definition) is 2. The Bertz CT molecular complexity index is 771. The summed E-state index contributed by atoms with van der Waals surface area (Å²) in [5.41, 5.74) is 2.81. The molecule has 1 aliphatic heterocycles. The Kier molecular flexibility index (Phi) is 4.63. The number of nitrogens with one attached hydrogen (secondary N) is 2. The van der Waals surface area contributed by atoms with Gasteiger partial charge in [0.25, 0.3) is 0 Å². The molecule has 0 bridgehead atoms. The molecule has 2 aromatic rings. The molecule has 1 aromatic heterocycles. The van der Waals surface area contributed by atoms with Crippen molar-refractivity contribution in [3.05, 3.63) is 65.6 Å². The Morgan fingerprint density at radius 3 is 2.70 bits per heavy atom. The molecule has 3 rings (SSSR count). The van der Waals surface area contributed by atoms with E-state index in [1.165, 1.54) is 11.9 Å². The molecule has 23 heavy (non-hydrogen) atoms. The summed E-state index contributed by atoms with van der Waals surface area (Å²) >= 11 is 5.95. The maximum atomic E-state index is 7.70.